The van der Waals surface area contributed by atoms with Crippen LogP contribution in [0.2, 0.25) is 0 Å². The van der Waals surface area contributed by atoms with E-state index in [1.54, 1.807) is 0 Å². The van der Waals surface area contributed by atoms with Gasteiger partial charge in [0.25, 0.3) is 0 Å². The highest BCUT2D eigenvalue weighted by molar-refractivity contribution is 6.38. The van der Waals surface area contributed by atoms with Gasteiger partial charge < -0.3 is 20.4 Å². The fourth-order valence-electron chi connectivity index (χ4n) is 2.77. The van der Waals surface area contributed by atoms with Crippen LogP contribution in [-0.4, -0.2) is 56.9 Å². The van der Waals surface area contributed by atoms with E-state index in [9.17, 15) is 49.2 Å². The minimum absolute atomic E-state index is 0.0978. The summed E-state index contributed by atoms with van der Waals surface area (Å²) in [5, 5.41) is 38.2. The molecule has 0 fully saturated rings. The number of carboxylic acids is 4. The summed E-state index contributed by atoms with van der Waals surface area (Å²) >= 11 is 0. The summed E-state index contributed by atoms with van der Waals surface area (Å²) in [6.07, 6.45) is 0.637. The van der Waals surface area contributed by atoms with Gasteiger partial charge in [-0.05, 0) is 12.1 Å². The zero-order chi connectivity index (χ0) is 22.6. The lowest BCUT2D eigenvalue weighted by atomic mass is 9.88. The highest BCUT2D eigenvalue weighted by Gasteiger charge is 2.30. The monoisotopic (exact) mass is 412 g/mol. The maximum Gasteiger partial charge on any atom is 0.337 e. The van der Waals surface area contributed by atoms with Gasteiger partial charge in [-0.2, -0.15) is 0 Å². The Morgan fingerprint density at radius 2 is 0.900 bits per heavy atom. The Labute approximate surface area is 167 Å². The summed E-state index contributed by atoms with van der Waals surface area (Å²) in [6.45, 7) is 0. The second-order valence-corrected chi connectivity index (χ2v) is 5.82. The van der Waals surface area contributed by atoms with Crippen molar-refractivity contribution >= 4 is 47.6 Å². The smallest absolute Gasteiger partial charge is 0.337 e. The van der Waals surface area contributed by atoms with E-state index in [0.717, 1.165) is 36.4 Å². The van der Waals surface area contributed by atoms with Crippen LogP contribution in [0.15, 0.2) is 36.4 Å². The number of carbonyl (C=O) groups is 6. The Hall–Kier alpha value is -4.60. The van der Waals surface area contributed by atoms with E-state index >= 15 is 0 Å². The second kappa shape index (κ2) is 8.61. The number of carboxylic acid groups (broad SMARTS) is 4. The molecule has 0 aliphatic heterocycles. The lowest BCUT2D eigenvalue weighted by molar-refractivity contribution is -0.132. The number of aromatic carboxylic acids is 2. The van der Waals surface area contributed by atoms with Crippen molar-refractivity contribution in [3.63, 3.8) is 0 Å². The molecule has 0 radical (unpaired) electrons. The predicted molar refractivity (Wildman–Crippen MR) is 99.7 cm³/mol. The molecule has 4 N–H and O–H groups in total. The first kappa shape index (κ1) is 21.7. The van der Waals surface area contributed by atoms with Gasteiger partial charge in [-0.25, -0.2) is 19.2 Å². The fraction of sp³-hybridized carbons (Fsp3) is 0. The van der Waals surface area contributed by atoms with Gasteiger partial charge in [0.05, 0.1) is 22.3 Å². The van der Waals surface area contributed by atoms with Crippen LogP contribution >= 0.6 is 0 Å². The van der Waals surface area contributed by atoms with E-state index in [1.807, 2.05) is 0 Å². The normalized spacial score (nSPS) is 11.2. The molecule has 2 aromatic rings. The van der Waals surface area contributed by atoms with Crippen LogP contribution in [0.4, 0.5) is 0 Å². The van der Waals surface area contributed by atoms with Gasteiger partial charge in [-0.15, -0.1) is 0 Å². The van der Waals surface area contributed by atoms with Crippen LogP contribution in [0.25, 0.3) is 11.1 Å². The molecule has 0 atom stereocenters. The van der Waals surface area contributed by atoms with Crippen molar-refractivity contribution in [3.8, 4) is 0 Å². The summed E-state index contributed by atoms with van der Waals surface area (Å²) in [5.41, 5.74) is -4.63. The highest BCUT2D eigenvalue weighted by Crippen LogP contribution is 2.32. The van der Waals surface area contributed by atoms with Crippen LogP contribution in [-0.2, 0) is 9.59 Å². The molecule has 0 spiro atoms. The largest absolute Gasteiger partial charge is 0.478 e. The van der Waals surface area contributed by atoms with Crippen LogP contribution in [0.5, 0.6) is 0 Å². The first-order valence-electron chi connectivity index (χ1n) is 7.99. The molecule has 0 aromatic heterocycles. The number of hydrogen-bond acceptors (Lipinski definition) is 6. The summed E-state index contributed by atoms with van der Waals surface area (Å²) in [4.78, 5) is 69.0. The average Bonchev–Trinajstić information content (AvgIpc) is 2.70. The molecule has 2 aromatic carbocycles. The van der Waals surface area contributed by atoms with Crippen molar-refractivity contribution in [2.45, 2.75) is 0 Å². The fourth-order valence-corrected chi connectivity index (χ4v) is 2.77. The molecule has 10 nitrogen and oxygen atoms in total. The molecule has 0 aliphatic rings. The van der Waals surface area contributed by atoms with E-state index in [2.05, 4.69) is 0 Å². The summed E-state index contributed by atoms with van der Waals surface area (Å²) in [6, 6.07) is 5.79. The van der Waals surface area contributed by atoms with Gasteiger partial charge in [0, 0.05) is 22.3 Å². The quantitative estimate of drug-likeness (QED) is 0.283. The van der Waals surface area contributed by atoms with Crippen LogP contribution < -0.4 is 0 Å². The zero-order valence-electron chi connectivity index (χ0n) is 14.9. The molecule has 0 saturated heterocycles. The van der Waals surface area contributed by atoms with Crippen molar-refractivity contribution < 1.29 is 49.2 Å². The standard InChI is InChI=1S/C20H12O10/c21-7-9-1-3-11(13(5-9)17(23)24)15(19(27)28)16(20(29)30)12-4-2-10(8-22)6-14(12)18(25)26/h1-8H,(H,23,24)(H,25,26)(H,27,28)(H,29,30)/b16-15+. The maximum absolute atomic E-state index is 12.0. The van der Waals surface area contributed by atoms with Gasteiger partial charge >= 0.3 is 23.9 Å². The van der Waals surface area contributed by atoms with Crippen LogP contribution in [0.1, 0.15) is 52.6 Å². The number of hydrogen-bond donors (Lipinski definition) is 4. The number of aliphatic carboxylic acids is 2. The third-order valence-electron chi connectivity index (χ3n) is 4.04. The van der Waals surface area contributed by atoms with E-state index in [-0.39, 0.29) is 11.1 Å². The SMILES string of the molecule is O=Cc1ccc(/C(C(=O)O)=C(\C(=O)O)c2ccc(C=O)cc2C(=O)O)c(C(=O)O)c1. The van der Waals surface area contributed by atoms with Crippen molar-refractivity contribution in [2.75, 3.05) is 0 Å². The van der Waals surface area contributed by atoms with E-state index < -0.39 is 57.3 Å². The Bertz CT molecular complexity index is 1050. The van der Waals surface area contributed by atoms with Gasteiger partial charge in [-0.3, -0.25) is 9.59 Å². The van der Waals surface area contributed by atoms with Crippen molar-refractivity contribution in [1.29, 1.82) is 0 Å². The molecule has 0 aliphatic carbocycles. The lowest BCUT2D eigenvalue weighted by Gasteiger charge is -2.14. The number of rotatable bonds is 8. The molecule has 0 bridgehead atoms. The third-order valence-corrected chi connectivity index (χ3v) is 4.04. The summed E-state index contributed by atoms with van der Waals surface area (Å²) < 4.78 is 0. The molecule has 2 rings (SSSR count). The second-order valence-electron chi connectivity index (χ2n) is 5.82. The third kappa shape index (κ3) is 4.12. The Morgan fingerprint density at radius 3 is 1.13 bits per heavy atom. The van der Waals surface area contributed by atoms with E-state index in [1.165, 1.54) is 0 Å². The van der Waals surface area contributed by atoms with Gasteiger partial charge in [0.1, 0.15) is 12.6 Å². The summed E-state index contributed by atoms with van der Waals surface area (Å²) in [7, 11) is 0. The molecule has 0 heterocycles. The van der Waals surface area contributed by atoms with E-state index in [0.29, 0.717) is 12.6 Å². The zero-order valence-corrected chi connectivity index (χ0v) is 14.9. The molecular weight excluding hydrogens is 400 g/mol. The van der Waals surface area contributed by atoms with Crippen molar-refractivity contribution in [2.24, 2.45) is 0 Å². The molecular formula is C20H12O10. The van der Waals surface area contributed by atoms with Gasteiger partial charge in [0.15, 0.2) is 0 Å². The van der Waals surface area contributed by atoms with Crippen LogP contribution in [0.3, 0.4) is 0 Å². The highest BCUT2D eigenvalue weighted by atomic mass is 16.4. The van der Waals surface area contributed by atoms with E-state index in [4.69, 9.17) is 0 Å². The Morgan fingerprint density at radius 1 is 0.567 bits per heavy atom. The number of benzene rings is 2. The van der Waals surface area contributed by atoms with Crippen molar-refractivity contribution in [1.82, 2.24) is 0 Å². The molecule has 152 valence electrons. The molecule has 0 amide bonds. The minimum Gasteiger partial charge on any atom is -0.478 e. The topological polar surface area (TPSA) is 183 Å². The maximum atomic E-state index is 12.0. The van der Waals surface area contributed by atoms with Crippen LogP contribution in [0, 0.1) is 0 Å². The minimum atomic E-state index is -1.84. The van der Waals surface area contributed by atoms with Crippen molar-refractivity contribution in [3.05, 3.63) is 69.8 Å². The summed E-state index contributed by atoms with van der Waals surface area (Å²) in [5.74, 6) is -6.95. The number of aldehydes is 2. The molecule has 30 heavy (non-hydrogen) atoms. The molecule has 0 saturated carbocycles. The molecule has 0 unspecified atom stereocenters. The first-order chi connectivity index (χ1) is 14.1. The number of carbonyl (C=O) groups excluding carboxylic acids is 2. The predicted octanol–water partition coefficient (Wildman–Crippen LogP) is 1.79. The Balaban J connectivity index is 3.04. The average molecular weight is 412 g/mol. The molecule has 10 heteroatoms. The van der Waals surface area contributed by atoms with Gasteiger partial charge in [-0.1, -0.05) is 24.3 Å². The lowest BCUT2D eigenvalue weighted by Crippen LogP contribution is -2.15. The van der Waals surface area contributed by atoms with Gasteiger partial charge in [0.2, 0.25) is 0 Å². The first-order valence-corrected chi connectivity index (χ1v) is 7.99. The Kier molecular flexibility index (Phi) is 6.22.